The van der Waals surface area contributed by atoms with E-state index in [0.717, 1.165) is 11.1 Å². The third kappa shape index (κ3) is 13.1. The molecule has 0 saturated carbocycles. The van der Waals surface area contributed by atoms with Gasteiger partial charge in [0, 0.05) is 33.9 Å². The van der Waals surface area contributed by atoms with Crippen LogP contribution in [0, 0.1) is 0 Å². The van der Waals surface area contributed by atoms with Gasteiger partial charge in [0.05, 0.1) is 54.1 Å². The summed E-state index contributed by atoms with van der Waals surface area (Å²) in [5.41, 5.74) is 6.86. The standard InChI is InChI=1S/C51H50N6O12/c1-30(34-13-21-38(22-14-34)52-48(58)36-26-42(62-3)46(66-7)43(27-36)63-4)56-68-50(60)54-40-17-9-32(10-18-40)25-33-11-19-41(20-12-33)55-51(61)69-57-31(2)35-15-23-39(24-16-35)53-49(59)37-28-44(64-5)47(67-8)45(29-37)65-6/h9-24,26-29H,25H2,1-8H3,(H,52,58)(H,53,59)(H,54,60)(H,55,61)/b56-30+,57-31+. The number of nitrogens with zero attached hydrogens (tertiary/aromatic N) is 2. The first-order valence-corrected chi connectivity index (χ1v) is 21.0. The molecule has 18 nitrogen and oxygen atoms in total. The maximum atomic E-state index is 13.0. The van der Waals surface area contributed by atoms with Gasteiger partial charge >= 0.3 is 12.2 Å². The Hall–Kier alpha value is -9.06. The molecule has 0 aromatic heterocycles. The number of carbonyl (C=O) groups is 4. The van der Waals surface area contributed by atoms with Gasteiger partial charge in [-0.15, -0.1) is 0 Å². The highest BCUT2D eigenvalue weighted by atomic mass is 16.7. The van der Waals surface area contributed by atoms with Crippen LogP contribution in [-0.2, 0) is 16.1 Å². The number of carbonyl (C=O) groups excluding carboxylic acids is 4. The van der Waals surface area contributed by atoms with E-state index in [1.165, 1.54) is 42.7 Å². The first-order valence-electron chi connectivity index (χ1n) is 21.0. The molecule has 0 aliphatic heterocycles. The summed E-state index contributed by atoms with van der Waals surface area (Å²) in [5, 5.41) is 18.9. The molecule has 4 amide bonds. The first-order chi connectivity index (χ1) is 33.3. The molecule has 18 heteroatoms. The topological polar surface area (TPSA) is 215 Å². The van der Waals surface area contributed by atoms with Crippen molar-refractivity contribution < 1.29 is 57.3 Å². The number of methoxy groups -OCH3 is 6. The Bertz CT molecular complexity index is 2600. The Morgan fingerprint density at radius 3 is 0.971 bits per heavy atom. The van der Waals surface area contributed by atoms with Crippen LogP contribution in [0.5, 0.6) is 34.5 Å². The number of ether oxygens (including phenoxy) is 6. The van der Waals surface area contributed by atoms with E-state index >= 15 is 0 Å². The number of hydrogen-bond acceptors (Lipinski definition) is 14. The Kier molecular flexibility index (Phi) is 16.8. The van der Waals surface area contributed by atoms with Gasteiger partial charge in [0.1, 0.15) is 0 Å². The Morgan fingerprint density at radius 1 is 0.391 bits per heavy atom. The highest BCUT2D eigenvalue weighted by Crippen LogP contribution is 2.39. The number of amides is 4. The van der Waals surface area contributed by atoms with E-state index in [1.54, 1.807) is 111 Å². The van der Waals surface area contributed by atoms with Crippen LogP contribution in [0.3, 0.4) is 0 Å². The number of hydrogen-bond donors (Lipinski definition) is 4. The van der Waals surface area contributed by atoms with Crippen molar-refractivity contribution >= 4 is 58.2 Å². The van der Waals surface area contributed by atoms with E-state index < -0.39 is 12.2 Å². The van der Waals surface area contributed by atoms with E-state index in [2.05, 4.69) is 31.6 Å². The van der Waals surface area contributed by atoms with Crippen LogP contribution in [-0.4, -0.2) is 78.1 Å². The smallest absolute Gasteiger partial charge is 0.437 e. The molecule has 69 heavy (non-hydrogen) atoms. The van der Waals surface area contributed by atoms with Crippen molar-refractivity contribution in [1.29, 1.82) is 0 Å². The lowest BCUT2D eigenvalue weighted by atomic mass is 10.0. The molecule has 356 valence electrons. The fraction of sp³-hybridized carbons (Fsp3) is 0.176. The molecular formula is C51H50N6O12. The van der Waals surface area contributed by atoms with Gasteiger partial charge in [0.25, 0.3) is 11.8 Å². The molecule has 6 aromatic carbocycles. The van der Waals surface area contributed by atoms with E-state index in [9.17, 15) is 19.2 Å². The summed E-state index contributed by atoms with van der Waals surface area (Å²) < 4.78 is 32.0. The van der Waals surface area contributed by atoms with Crippen LogP contribution in [0.1, 0.15) is 56.8 Å². The van der Waals surface area contributed by atoms with Gasteiger partial charge in [-0.25, -0.2) is 9.59 Å². The van der Waals surface area contributed by atoms with Crippen LogP contribution >= 0.6 is 0 Å². The molecule has 0 aliphatic rings. The maximum Gasteiger partial charge on any atom is 0.437 e. The first kappa shape index (κ1) is 49.4. The van der Waals surface area contributed by atoms with Gasteiger partial charge in [0.15, 0.2) is 23.0 Å². The van der Waals surface area contributed by atoms with Crippen molar-refractivity contribution in [2.75, 3.05) is 63.9 Å². The lowest BCUT2D eigenvalue weighted by molar-refractivity contribution is 0.101. The van der Waals surface area contributed by atoms with Gasteiger partial charge in [-0.3, -0.25) is 29.9 Å². The second-order valence-electron chi connectivity index (χ2n) is 14.8. The molecule has 0 radical (unpaired) electrons. The molecular weight excluding hydrogens is 889 g/mol. The number of anilines is 4. The van der Waals surface area contributed by atoms with Gasteiger partial charge in [-0.2, -0.15) is 0 Å². The van der Waals surface area contributed by atoms with Crippen LogP contribution in [0.15, 0.2) is 132 Å². The van der Waals surface area contributed by atoms with Crippen molar-refractivity contribution in [3.05, 3.63) is 155 Å². The molecule has 0 unspecified atom stereocenters. The minimum absolute atomic E-state index is 0.311. The van der Waals surface area contributed by atoms with Crippen LogP contribution in [0.2, 0.25) is 0 Å². The zero-order valence-electron chi connectivity index (χ0n) is 39.0. The second kappa shape index (κ2) is 23.4. The summed E-state index contributed by atoms with van der Waals surface area (Å²) in [6.07, 6.45) is -0.959. The predicted octanol–water partition coefficient (Wildman–Crippen LogP) is 9.78. The predicted molar refractivity (Wildman–Crippen MR) is 261 cm³/mol. The summed E-state index contributed by atoms with van der Waals surface area (Å²) in [7, 11) is 8.85. The molecule has 0 aliphatic carbocycles. The fourth-order valence-corrected chi connectivity index (χ4v) is 6.67. The van der Waals surface area contributed by atoms with Crippen molar-refractivity contribution in [3.8, 4) is 34.5 Å². The highest BCUT2D eigenvalue weighted by Gasteiger charge is 2.19. The minimum atomic E-state index is -0.773. The highest BCUT2D eigenvalue weighted by molar-refractivity contribution is 6.07. The Morgan fingerprint density at radius 2 is 0.681 bits per heavy atom. The van der Waals surface area contributed by atoms with E-state index in [4.69, 9.17) is 38.1 Å². The summed E-state index contributed by atoms with van der Waals surface area (Å²) in [6, 6.07) is 34.4. The summed E-state index contributed by atoms with van der Waals surface area (Å²) >= 11 is 0. The van der Waals surface area contributed by atoms with E-state index in [0.29, 0.717) is 97.3 Å². The average Bonchev–Trinajstić information content (AvgIpc) is 3.37. The zero-order chi connectivity index (χ0) is 49.5. The number of nitrogens with one attached hydrogen (secondary N) is 4. The molecule has 4 N–H and O–H groups in total. The Labute approximate surface area is 398 Å². The lowest BCUT2D eigenvalue weighted by Gasteiger charge is -2.14. The molecule has 0 fully saturated rings. The van der Waals surface area contributed by atoms with Crippen LogP contribution in [0.4, 0.5) is 32.3 Å². The van der Waals surface area contributed by atoms with Gasteiger partial charge < -0.3 is 39.1 Å². The molecule has 0 saturated heterocycles. The van der Waals surface area contributed by atoms with Crippen molar-refractivity contribution in [2.24, 2.45) is 10.3 Å². The van der Waals surface area contributed by atoms with Gasteiger partial charge in [-0.05, 0) is 115 Å². The normalized spacial score (nSPS) is 11.1. The van der Waals surface area contributed by atoms with Crippen molar-refractivity contribution in [3.63, 3.8) is 0 Å². The molecule has 6 rings (SSSR count). The molecule has 0 bridgehead atoms. The quantitative estimate of drug-likeness (QED) is 0.0360. The number of rotatable bonds is 18. The van der Waals surface area contributed by atoms with Crippen LogP contribution in [0.25, 0.3) is 0 Å². The third-order valence-electron chi connectivity index (χ3n) is 10.3. The monoisotopic (exact) mass is 938 g/mol. The van der Waals surface area contributed by atoms with Crippen molar-refractivity contribution in [1.82, 2.24) is 0 Å². The summed E-state index contributed by atoms with van der Waals surface area (Å²) in [4.78, 5) is 61.3. The zero-order valence-corrected chi connectivity index (χ0v) is 39.0. The number of oxime groups is 2. The molecule has 0 heterocycles. The van der Waals surface area contributed by atoms with Gasteiger partial charge in [-0.1, -0.05) is 58.8 Å². The van der Waals surface area contributed by atoms with Gasteiger partial charge in [0.2, 0.25) is 11.5 Å². The van der Waals surface area contributed by atoms with E-state index in [-0.39, 0.29) is 11.8 Å². The van der Waals surface area contributed by atoms with E-state index in [1.807, 2.05) is 24.3 Å². The maximum absolute atomic E-state index is 13.0. The molecule has 0 spiro atoms. The number of benzene rings is 6. The average molecular weight is 939 g/mol. The Balaban J connectivity index is 0.926. The third-order valence-corrected chi connectivity index (χ3v) is 10.3. The minimum Gasteiger partial charge on any atom is -0.493 e. The fourth-order valence-electron chi connectivity index (χ4n) is 6.67. The molecule has 0 atom stereocenters. The lowest BCUT2D eigenvalue weighted by Crippen LogP contribution is -2.13. The molecule has 6 aromatic rings. The van der Waals surface area contributed by atoms with Crippen LogP contribution < -0.4 is 49.7 Å². The second-order valence-corrected chi connectivity index (χ2v) is 14.8. The van der Waals surface area contributed by atoms with Crippen molar-refractivity contribution in [2.45, 2.75) is 20.3 Å². The SMILES string of the molecule is COc1cc(C(=O)Nc2ccc(/C(C)=N/OC(=O)Nc3ccc(Cc4ccc(NC(=O)O/N=C(\C)c5ccc(NC(=O)c6cc(OC)c(OC)c(OC)c6)cc5)cc4)cc3)cc2)cc(OC)c1OC. The summed E-state index contributed by atoms with van der Waals surface area (Å²) in [5.74, 6) is 1.40. The summed E-state index contributed by atoms with van der Waals surface area (Å²) in [6.45, 7) is 3.37. The largest absolute Gasteiger partial charge is 0.493 e.